The van der Waals surface area contributed by atoms with E-state index in [0.29, 0.717) is 19.0 Å². The number of rotatable bonds is 5. The molecule has 2 rings (SSSR count). The molecule has 0 spiro atoms. The number of anilines is 1. The van der Waals surface area contributed by atoms with Gasteiger partial charge in [-0.15, -0.1) is 0 Å². The number of nitriles is 1. The average Bonchev–Trinajstić information content (AvgIpc) is 2.48. The molecule has 0 aromatic heterocycles. The summed E-state index contributed by atoms with van der Waals surface area (Å²) in [6.45, 7) is 0.300. The zero-order valence-electron chi connectivity index (χ0n) is 11.7. The summed E-state index contributed by atoms with van der Waals surface area (Å²) in [5, 5.41) is 14.8. The molecule has 1 aliphatic rings. The van der Waals surface area contributed by atoms with Gasteiger partial charge in [0.15, 0.2) is 0 Å². The highest BCUT2D eigenvalue weighted by Crippen LogP contribution is 2.17. The van der Waals surface area contributed by atoms with Crippen LogP contribution >= 0.6 is 0 Å². The van der Waals surface area contributed by atoms with Gasteiger partial charge in [-0.1, -0.05) is 31.4 Å². The largest absolute Gasteiger partial charge is 0.376 e. The number of carbonyl (C=O) groups excluding carboxylic acids is 1. The molecule has 0 heterocycles. The molecule has 1 amide bonds. The number of amides is 1. The Kier molecular flexibility index (Phi) is 5.43. The number of nitrogens with one attached hydrogen (secondary N) is 2. The second kappa shape index (κ2) is 7.54. The third-order valence-corrected chi connectivity index (χ3v) is 3.66. The van der Waals surface area contributed by atoms with Gasteiger partial charge in [0, 0.05) is 11.7 Å². The van der Waals surface area contributed by atoms with Crippen molar-refractivity contribution < 1.29 is 4.79 Å². The number of carbonyl (C=O) groups is 1. The van der Waals surface area contributed by atoms with E-state index in [0.717, 1.165) is 24.1 Å². The Hall–Kier alpha value is -2.02. The third kappa shape index (κ3) is 4.58. The second-order valence-electron chi connectivity index (χ2n) is 5.29. The first-order valence-electron chi connectivity index (χ1n) is 7.27. The topological polar surface area (TPSA) is 64.9 Å². The Balaban J connectivity index is 1.73. The van der Waals surface area contributed by atoms with Gasteiger partial charge in [-0.2, -0.15) is 5.26 Å². The molecule has 2 N–H and O–H groups in total. The summed E-state index contributed by atoms with van der Waals surface area (Å²) < 4.78 is 0. The smallest absolute Gasteiger partial charge is 0.239 e. The van der Waals surface area contributed by atoms with E-state index in [-0.39, 0.29) is 5.91 Å². The fraction of sp³-hybridized carbons (Fsp3) is 0.500. The predicted molar refractivity (Wildman–Crippen MR) is 79.3 cm³/mol. The maximum Gasteiger partial charge on any atom is 0.239 e. The van der Waals surface area contributed by atoms with Crippen molar-refractivity contribution in [3.05, 3.63) is 29.8 Å². The normalized spacial score (nSPS) is 15.3. The molecule has 0 radical (unpaired) electrons. The van der Waals surface area contributed by atoms with Gasteiger partial charge in [-0.25, -0.2) is 0 Å². The van der Waals surface area contributed by atoms with Crippen LogP contribution in [-0.2, 0) is 11.2 Å². The lowest BCUT2D eigenvalue weighted by Gasteiger charge is -2.22. The average molecular weight is 271 g/mol. The van der Waals surface area contributed by atoms with Crippen molar-refractivity contribution in [2.24, 2.45) is 0 Å². The van der Waals surface area contributed by atoms with Crippen LogP contribution in [0.25, 0.3) is 0 Å². The number of benzene rings is 1. The molecule has 4 nitrogen and oxygen atoms in total. The molecule has 0 saturated heterocycles. The van der Waals surface area contributed by atoms with Crippen molar-refractivity contribution in [1.82, 2.24) is 5.32 Å². The summed E-state index contributed by atoms with van der Waals surface area (Å²) in [6.07, 6.45) is 6.36. The van der Waals surface area contributed by atoms with Crippen LogP contribution in [0.15, 0.2) is 24.3 Å². The van der Waals surface area contributed by atoms with Crippen LogP contribution in [0.4, 0.5) is 5.69 Å². The molecule has 1 saturated carbocycles. The highest BCUT2D eigenvalue weighted by molar-refractivity contribution is 5.80. The van der Waals surface area contributed by atoms with Crippen molar-refractivity contribution in [1.29, 1.82) is 5.26 Å². The van der Waals surface area contributed by atoms with Crippen LogP contribution in [0, 0.1) is 11.3 Å². The zero-order chi connectivity index (χ0) is 14.2. The minimum absolute atomic E-state index is 0.0537. The summed E-state index contributed by atoms with van der Waals surface area (Å²) in [5.74, 6) is 0.0537. The van der Waals surface area contributed by atoms with E-state index in [1.807, 2.05) is 24.3 Å². The van der Waals surface area contributed by atoms with E-state index in [2.05, 4.69) is 16.7 Å². The molecule has 106 valence electrons. The van der Waals surface area contributed by atoms with Crippen LogP contribution in [0.2, 0.25) is 0 Å². The number of hydrogen-bond acceptors (Lipinski definition) is 3. The van der Waals surface area contributed by atoms with Crippen molar-refractivity contribution in [2.75, 3.05) is 11.9 Å². The maximum absolute atomic E-state index is 11.8. The third-order valence-electron chi connectivity index (χ3n) is 3.66. The Labute approximate surface area is 120 Å². The monoisotopic (exact) mass is 271 g/mol. The zero-order valence-corrected chi connectivity index (χ0v) is 11.7. The molecular formula is C16H21N3O. The van der Waals surface area contributed by atoms with Crippen molar-refractivity contribution in [3.63, 3.8) is 0 Å². The van der Waals surface area contributed by atoms with Gasteiger partial charge in [0.1, 0.15) is 0 Å². The molecule has 1 fully saturated rings. The lowest BCUT2D eigenvalue weighted by atomic mass is 9.95. The molecule has 4 heteroatoms. The summed E-state index contributed by atoms with van der Waals surface area (Å²) in [7, 11) is 0. The Morgan fingerprint density at radius 2 is 1.90 bits per heavy atom. The van der Waals surface area contributed by atoms with Gasteiger partial charge in [-0.3, -0.25) is 4.79 Å². The number of hydrogen-bond donors (Lipinski definition) is 2. The Morgan fingerprint density at radius 1 is 1.20 bits per heavy atom. The van der Waals surface area contributed by atoms with Gasteiger partial charge in [0.05, 0.1) is 19.0 Å². The number of nitrogens with zero attached hydrogens (tertiary/aromatic N) is 1. The summed E-state index contributed by atoms with van der Waals surface area (Å²) in [4.78, 5) is 11.8. The standard InChI is InChI=1S/C16H21N3O/c17-11-10-13-6-8-14(9-7-13)18-12-16(20)19-15-4-2-1-3-5-15/h6-9,15,18H,1-5,10,12H2,(H,19,20). The first kappa shape index (κ1) is 14.4. The second-order valence-corrected chi connectivity index (χ2v) is 5.29. The highest BCUT2D eigenvalue weighted by Gasteiger charge is 2.15. The predicted octanol–water partition coefficient (Wildman–Crippen LogP) is 2.61. The molecule has 20 heavy (non-hydrogen) atoms. The SMILES string of the molecule is N#CCc1ccc(NCC(=O)NC2CCCCC2)cc1. The summed E-state index contributed by atoms with van der Waals surface area (Å²) in [5.41, 5.74) is 1.90. The van der Waals surface area contributed by atoms with Crippen molar-refractivity contribution in [2.45, 2.75) is 44.6 Å². The first-order chi connectivity index (χ1) is 9.78. The minimum Gasteiger partial charge on any atom is -0.376 e. The molecule has 0 bridgehead atoms. The first-order valence-corrected chi connectivity index (χ1v) is 7.27. The lowest BCUT2D eigenvalue weighted by Crippen LogP contribution is -2.39. The van der Waals surface area contributed by atoms with Crippen molar-refractivity contribution >= 4 is 11.6 Å². The minimum atomic E-state index is 0.0537. The van der Waals surface area contributed by atoms with E-state index in [4.69, 9.17) is 5.26 Å². The molecule has 1 aromatic carbocycles. The van der Waals surface area contributed by atoms with Gasteiger partial charge in [0.2, 0.25) is 5.91 Å². The summed E-state index contributed by atoms with van der Waals surface area (Å²) in [6, 6.07) is 10.1. The Bertz CT molecular complexity index is 469. The van der Waals surface area contributed by atoms with Crippen LogP contribution in [0.5, 0.6) is 0 Å². The highest BCUT2D eigenvalue weighted by atomic mass is 16.1. The maximum atomic E-state index is 11.8. The fourth-order valence-corrected chi connectivity index (χ4v) is 2.54. The van der Waals surface area contributed by atoms with Gasteiger partial charge in [-0.05, 0) is 30.5 Å². The van der Waals surface area contributed by atoms with Crippen LogP contribution in [0.1, 0.15) is 37.7 Å². The summed E-state index contributed by atoms with van der Waals surface area (Å²) >= 11 is 0. The fourth-order valence-electron chi connectivity index (χ4n) is 2.54. The van der Waals surface area contributed by atoms with Crippen LogP contribution < -0.4 is 10.6 Å². The quantitative estimate of drug-likeness (QED) is 0.865. The van der Waals surface area contributed by atoms with E-state index in [9.17, 15) is 4.79 Å². The van der Waals surface area contributed by atoms with Crippen LogP contribution in [0.3, 0.4) is 0 Å². The molecule has 0 aliphatic heterocycles. The van der Waals surface area contributed by atoms with E-state index < -0.39 is 0 Å². The molecule has 0 unspecified atom stereocenters. The van der Waals surface area contributed by atoms with Gasteiger partial charge < -0.3 is 10.6 Å². The van der Waals surface area contributed by atoms with E-state index in [1.54, 1.807) is 0 Å². The van der Waals surface area contributed by atoms with Gasteiger partial charge >= 0.3 is 0 Å². The molecule has 1 aliphatic carbocycles. The molecule has 0 atom stereocenters. The van der Waals surface area contributed by atoms with Gasteiger partial charge in [0.25, 0.3) is 0 Å². The lowest BCUT2D eigenvalue weighted by molar-refractivity contribution is -0.120. The van der Waals surface area contributed by atoms with E-state index in [1.165, 1.54) is 19.3 Å². The molecule has 1 aromatic rings. The Morgan fingerprint density at radius 3 is 2.55 bits per heavy atom. The van der Waals surface area contributed by atoms with E-state index >= 15 is 0 Å². The molecular weight excluding hydrogens is 250 g/mol. The van der Waals surface area contributed by atoms with Crippen LogP contribution in [-0.4, -0.2) is 18.5 Å². The van der Waals surface area contributed by atoms with Crippen molar-refractivity contribution in [3.8, 4) is 6.07 Å².